The van der Waals surface area contributed by atoms with Gasteiger partial charge in [-0.2, -0.15) is 0 Å². The third-order valence-corrected chi connectivity index (χ3v) is 3.81. The molecule has 1 aromatic carbocycles. The van der Waals surface area contributed by atoms with Gasteiger partial charge in [0.2, 0.25) is 0 Å². The number of aryl methyl sites for hydroxylation is 1. The Labute approximate surface area is 100 Å². The summed E-state index contributed by atoms with van der Waals surface area (Å²) in [6.07, 6.45) is 3.67. The number of nitrogens with two attached hydrogens (primary N) is 1. The number of rotatable bonds is 1. The summed E-state index contributed by atoms with van der Waals surface area (Å²) in [4.78, 5) is 0. The number of hydrogen-bond donors (Lipinski definition) is 1. The van der Waals surface area contributed by atoms with Gasteiger partial charge in [0.15, 0.2) is 0 Å². The molecule has 0 heterocycles. The van der Waals surface area contributed by atoms with Crippen molar-refractivity contribution in [3.05, 3.63) is 33.8 Å². The first-order valence-electron chi connectivity index (χ1n) is 5.55. The van der Waals surface area contributed by atoms with Gasteiger partial charge >= 0.3 is 0 Å². The Balaban J connectivity index is 2.43. The van der Waals surface area contributed by atoms with Crippen molar-refractivity contribution in [2.75, 3.05) is 0 Å². The molecule has 0 aromatic heterocycles. The monoisotopic (exact) mass is 267 g/mol. The van der Waals surface area contributed by atoms with Crippen molar-refractivity contribution in [3.8, 4) is 0 Å². The lowest BCUT2D eigenvalue weighted by Crippen LogP contribution is -2.40. The van der Waals surface area contributed by atoms with Crippen LogP contribution >= 0.6 is 15.9 Å². The molecule has 0 fully saturated rings. The molecule has 0 amide bonds. The lowest BCUT2D eigenvalue weighted by molar-refractivity contribution is 0.368. The molecule has 1 aliphatic rings. The second-order valence-corrected chi connectivity index (χ2v) is 6.02. The lowest BCUT2D eigenvalue weighted by Gasteiger charge is -2.35. The molecule has 2 rings (SSSR count). The van der Waals surface area contributed by atoms with Crippen LogP contribution in [0.4, 0.5) is 0 Å². The van der Waals surface area contributed by atoms with E-state index in [0.717, 1.165) is 0 Å². The smallest absolute Gasteiger partial charge is 0.0178 e. The molecule has 15 heavy (non-hydrogen) atoms. The number of halogens is 1. The van der Waals surface area contributed by atoms with Gasteiger partial charge in [-0.15, -0.1) is 0 Å². The summed E-state index contributed by atoms with van der Waals surface area (Å²) in [5, 5.41) is 0. The van der Waals surface area contributed by atoms with E-state index < -0.39 is 0 Å². The molecule has 0 radical (unpaired) electrons. The van der Waals surface area contributed by atoms with Crippen LogP contribution in [-0.2, 0) is 6.42 Å². The highest BCUT2D eigenvalue weighted by molar-refractivity contribution is 9.10. The van der Waals surface area contributed by atoms with Crippen molar-refractivity contribution in [3.63, 3.8) is 0 Å². The SMILES string of the molecule is CC(C)(N)C1CCCc2cc(Br)ccc21. The zero-order valence-corrected chi connectivity index (χ0v) is 11.0. The third-order valence-electron chi connectivity index (χ3n) is 3.32. The van der Waals surface area contributed by atoms with E-state index in [0.29, 0.717) is 5.92 Å². The van der Waals surface area contributed by atoms with Crippen molar-refractivity contribution in [1.82, 2.24) is 0 Å². The summed E-state index contributed by atoms with van der Waals surface area (Å²) in [5.74, 6) is 0.509. The van der Waals surface area contributed by atoms with E-state index in [1.807, 2.05) is 0 Å². The van der Waals surface area contributed by atoms with Crippen LogP contribution in [-0.4, -0.2) is 5.54 Å². The Morgan fingerprint density at radius 2 is 2.13 bits per heavy atom. The number of fused-ring (bicyclic) bond motifs is 1. The highest BCUT2D eigenvalue weighted by atomic mass is 79.9. The van der Waals surface area contributed by atoms with Crippen molar-refractivity contribution in [1.29, 1.82) is 0 Å². The van der Waals surface area contributed by atoms with Crippen LogP contribution in [0.5, 0.6) is 0 Å². The molecule has 1 nitrogen and oxygen atoms in total. The van der Waals surface area contributed by atoms with E-state index in [2.05, 4.69) is 48.0 Å². The summed E-state index contributed by atoms with van der Waals surface area (Å²) in [5.41, 5.74) is 9.07. The largest absolute Gasteiger partial charge is 0.325 e. The summed E-state index contributed by atoms with van der Waals surface area (Å²) in [6.45, 7) is 4.27. The molecule has 1 atom stereocenters. The van der Waals surface area contributed by atoms with Crippen molar-refractivity contribution < 1.29 is 0 Å². The third kappa shape index (κ3) is 2.26. The van der Waals surface area contributed by atoms with E-state index >= 15 is 0 Å². The van der Waals surface area contributed by atoms with Gasteiger partial charge < -0.3 is 5.73 Å². The molecule has 0 spiro atoms. The Morgan fingerprint density at radius 3 is 2.80 bits per heavy atom. The van der Waals surface area contributed by atoms with Crippen molar-refractivity contribution in [2.45, 2.75) is 44.6 Å². The van der Waals surface area contributed by atoms with Crippen molar-refractivity contribution >= 4 is 15.9 Å². The maximum absolute atomic E-state index is 6.25. The van der Waals surface area contributed by atoms with Crippen LogP contribution in [0.25, 0.3) is 0 Å². The van der Waals surface area contributed by atoms with E-state index in [-0.39, 0.29) is 5.54 Å². The van der Waals surface area contributed by atoms with Gasteiger partial charge in [0, 0.05) is 15.9 Å². The van der Waals surface area contributed by atoms with E-state index in [1.165, 1.54) is 34.9 Å². The molecular weight excluding hydrogens is 250 g/mol. The van der Waals surface area contributed by atoms with Crippen LogP contribution < -0.4 is 5.73 Å². The Morgan fingerprint density at radius 1 is 1.40 bits per heavy atom. The average molecular weight is 268 g/mol. The van der Waals surface area contributed by atoms with Crippen LogP contribution in [0, 0.1) is 0 Å². The van der Waals surface area contributed by atoms with E-state index in [4.69, 9.17) is 5.73 Å². The molecule has 0 aliphatic heterocycles. The Bertz CT molecular complexity index is 365. The fourth-order valence-corrected chi connectivity index (χ4v) is 2.96. The second-order valence-electron chi connectivity index (χ2n) is 5.11. The predicted octanol–water partition coefficient (Wildman–Crippen LogP) is 3.61. The first-order valence-corrected chi connectivity index (χ1v) is 6.35. The predicted molar refractivity (Wildman–Crippen MR) is 68.1 cm³/mol. The average Bonchev–Trinajstić information content (AvgIpc) is 2.15. The van der Waals surface area contributed by atoms with Crippen LogP contribution in [0.2, 0.25) is 0 Å². The minimum Gasteiger partial charge on any atom is -0.325 e. The minimum absolute atomic E-state index is 0.108. The summed E-state index contributed by atoms with van der Waals surface area (Å²) < 4.78 is 1.18. The highest BCUT2D eigenvalue weighted by Gasteiger charge is 2.30. The highest BCUT2D eigenvalue weighted by Crippen LogP contribution is 2.38. The molecule has 0 bridgehead atoms. The van der Waals surface area contributed by atoms with Crippen LogP contribution in [0.1, 0.15) is 43.7 Å². The summed E-state index contributed by atoms with van der Waals surface area (Å²) in [6, 6.07) is 6.61. The number of hydrogen-bond acceptors (Lipinski definition) is 1. The van der Waals surface area contributed by atoms with Gasteiger partial charge in [-0.1, -0.05) is 22.0 Å². The molecular formula is C13H18BrN. The Kier molecular flexibility index (Phi) is 2.91. The maximum atomic E-state index is 6.25. The van der Waals surface area contributed by atoms with Crippen molar-refractivity contribution in [2.24, 2.45) is 5.73 Å². The lowest BCUT2D eigenvalue weighted by atomic mass is 9.73. The summed E-state index contributed by atoms with van der Waals surface area (Å²) in [7, 11) is 0. The minimum atomic E-state index is -0.108. The topological polar surface area (TPSA) is 26.0 Å². The molecule has 1 unspecified atom stereocenters. The fraction of sp³-hybridized carbons (Fsp3) is 0.538. The first kappa shape index (κ1) is 11.2. The molecule has 1 aliphatic carbocycles. The molecule has 82 valence electrons. The molecule has 2 N–H and O–H groups in total. The van der Waals surface area contributed by atoms with Gasteiger partial charge in [0.1, 0.15) is 0 Å². The Hall–Kier alpha value is -0.340. The first-order chi connectivity index (χ1) is 6.98. The van der Waals surface area contributed by atoms with Gasteiger partial charge in [0.05, 0.1) is 0 Å². The van der Waals surface area contributed by atoms with Gasteiger partial charge in [-0.25, -0.2) is 0 Å². The molecule has 2 heteroatoms. The summed E-state index contributed by atoms with van der Waals surface area (Å²) >= 11 is 3.53. The van der Waals surface area contributed by atoms with Gasteiger partial charge in [-0.3, -0.25) is 0 Å². The van der Waals surface area contributed by atoms with Crippen LogP contribution in [0.15, 0.2) is 22.7 Å². The zero-order valence-electron chi connectivity index (χ0n) is 9.39. The second kappa shape index (κ2) is 3.91. The zero-order chi connectivity index (χ0) is 11.1. The normalized spacial score (nSPS) is 21.2. The van der Waals surface area contributed by atoms with Gasteiger partial charge in [0.25, 0.3) is 0 Å². The van der Waals surface area contributed by atoms with E-state index in [9.17, 15) is 0 Å². The molecule has 1 aromatic rings. The van der Waals surface area contributed by atoms with Crippen LogP contribution in [0.3, 0.4) is 0 Å². The quantitative estimate of drug-likeness (QED) is 0.827. The van der Waals surface area contributed by atoms with Gasteiger partial charge in [-0.05, 0) is 56.4 Å². The standard InChI is InChI=1S/C13H18BrN/c1-13(2,15)12-5-3-4-9-8-10(14)6-7-11(9)12/h6-8,12H,3-5,15H2,1-2H3. The number of benzene rings is 1. The van der Waals surface area contributed by atoms with E-state index in [1.54, 1.807) is 0 Å². The molecule has 0 saturated heterocycles. The molecule has 0 saturated carbocycles. The fourth-order valence-electron chi connectivity index (χ4n) is 2.56. The maximum Gasteiger partial charge on any atom is 0.0178 e.